The van der Waals surface area contributed by atoms with Crippen LogP contribution in [0, 0.1) is 12.7 Å². The first-order valence-corrected chi connectivity index (χ1v) is 6.90. The highest BCUT2D eigenvalue weighted by Crippen LogP contribution is 2.13. The quantitative estimate of drug-likeness (QED) is 0.616. The van der Waals surface area contributed by atoms with Crippen molar-refractivity contribution in [3.05, 3.63) is 35.1 Å². The second-order valence-electron chi connectivity index (χ2n) is 4.95. The van der Waals surface area contributed by atoms with Crippen LogP contribution in [-0.4, -0.2) is 5.78 Å². The molecule has 0 amide bonds. The van der Waals surface area contributed by atoms with Crippen LogP contribution in [0.4, 0.5) is 4.39 Å². The fourth-order valence-electron chi connectivity index (χ4n) is 2.08. The molecule has 0 radical (unpaired) electrons. The molecule has 1 aromatic carbocycles. The minimum atomic E-state index is -0.233. The van der Waals surface area contributed by atoms with Gasteiger partial charge >= 0.3 is 0 Å². The molecule has 0 fully saturated rings. The molecule has 2 heteroatoms. The predicted molar refractivity (Wildman–Crippen MR) is 73.2 cm³/mol. The maximum atomic E-state index is 12.9. The Morgan fingerprint density at radius 2 is 1.89 bits per heavy atom. The fourth-order valence-corrected chi connectivity index (χ4v) is 2.08. The molecule has 0 saturated carbocycles. The van der Waals surface area contributed by atoms with Gasteiger partial charge in [-0.25, -0.2) is 4.39 Å². The highest BCUT2D eigenvalue weighted by atomic mass is 19.1. The molecule has 0 atom stereocenters. The van der Waals surface area contributed by atoms with Gasteiger partial charge in [-0.2, -0.15) is 0 Å². The van der Waals surface area contributed by atoms with Crippen molar-refractivity contribution in [1.29, 1.82) is 0 Å². The Morgan fingerprint density at radius 3 is 2.56 bits per heavy atom. The molecule has 0 aliphatic heterocycles. The zero-order valence-corrected chi connectivity index (χ0v) is 11.5. The summed E-state index contributed by atoms with van der Waals surface area (Å²) in [6, 6.07) is 4.64. The highest BCUT2D eigenvalue weighted by Gasteiger charge is 2.06. The lowest BCUT2D eigenvalue weighted by Gasteiger charge is -2.05. The summed E-state index contributed by atoms with van der Waals surface area (Å²) in [7, 11) is 0. The van der Waals surface area contributed by atoms with Crippen molar-refractivity contribution < 1.29 is 9.18 Å². The number of carbonyl (C=O) groups is 1. The third-order valence-corrected chi connectivity index (χ3v) is 3.25. The summed E-state index contributed by atoms with van der Waals surface area (Å²) in [5.41, 5.74) is 1.82. The lowest BCUT2D eigenvalue weighted by molar-refractivity contribution is -0.118. The van der Waals surface area contributed by atoms with Crippen molar-refractivity contribution in [3.63, 3.8) is 0 Å². The topological polar surface area (TPSA) is 17.1 Å². The van der Waals surface area contributed by atoms with Gasteiger partial charge in [-0.1, -0.05) is 38.7 Å². The van der Waals surface area contributed by atoms with Gasteiger partial charge in [0.25, 0.3) is 0 Å². The zero-order valence-electron chi connectivity index (χ0n) is 11.5. The third kappa shape index (κ3) is 5.44. The molecule has 0 aliphatic carbocycles. The number of unbranched alkanes of at least 4 members (excludes halogenated alkanes) is 4. The average molecular weight is 250 g/mol. The molecule has 0 spiro atoms. The lowest BCUT2D eigenvalue weighted by Crippen LogP contribution is -2.04. The van der Waals surface area contributed by atoms with Crippen LogP contribution in [-0.2, 0) is 11.2 Å². The number of hydrogen-bond acceptors (Lipinski definition) is 1. The van der Waals surface area contributed by atoms with Crippen molar-refractivity contribution in [2.75, 3.05) is 0 Å². The van der Waals surface area contributed by atoms with Gasteiger partial charge in [0.2, 0.25) is 0 Å². The Labute approximate surface area is 109 Å². The van der Waals surface area contributed by atoms with E-state index in [0.717, 1.165) is 24.0 Å². The summed E-state index contributed by atoms with van der Waals surface area (Å²) >= 11 is 0. The monoisotopic (exact) mass is 250 g/mol. The number of benzene rings is 1. The molecule has 1 nitrogen and oxygen atoms in total. The number of rotatable bonds is 8. The molecule has 0 aliphatic rings. The molecule has 0 aromatic heterocycles. The van der Waals surface area contributed by atoms with Crippen LogP contribution in [0.3, 0.4) is 0 Å². The molecule has 0 N–H and O–H groups in total. The van der Waals surface area contributed by atoms with Crippen LogP contribution in [0.5, 0.6) is 0 Å². The average Bonchev–Trinajstić information content (AvgIpc) is 2.32. The number of aryl methyl sites for hydroxylation is 1. The zero-order chi connectivity index (χ0) is 13.4. The number of halogens is 1. The van der Waals surface area contributed by atoms with Crippen LogP contribution in [0.15, 0.2) is 18.2 Å². The van der Waals surface area contributed by atoms with Crippen molar-refractivity contribution in [3.8, 4) is 0 Å². The SMILES string of the molecule is CCCCCCCC(=O)Cc1ccc(F)cc1C. The molecular formula is C16H23FO. The van der Waals surface area contributed by atoms with E-state index in [1.165, 1.54) is 31.4 Å². The van der Waals surface area contributed by atoms with Crippen LogP contribution in [0.1, 0.15) is 56.6 Å². The van der Waals surface area contributed by atoms with Gasteiger partial charge < -0.3 is 0 Å². The van der Waals surface area contributed by atoms with E-state index in [0.29, 0.717) is 12.8 Å². The first-order chi connectivity index (χ1) is 8.63. The van der Waals surface area contributed by atoms with Crippen molar-refractivity contribution in [1.82, 2.24) is 0 Å². The summed E-state index contributed by atoms with van der Waals surface area (Å²) < 4.78 is 12.9. The normalized spacial score (nSPS) is 10.6. The van der Waals surface area contributed by atoms with Gasteiger partial charge in [0.05, 0.1) is 0 Å². The van der Waals surface area contributed by atoms with Crippen molar-refractivity contribution >= 4 is 5.78 Å². The van der Waals surface area contributed by atoms with Gasteiger partial charge in [0.1, 0.15) is 11.6 Å². The second kappa shape index (κ2) is 8.02. The number of ketones is 1. The van der Waals surface area contributed by atoms with E-state index in [4.69, 9.17) is 0 Å². The summed E-state index contributed by atoms with van der Waals surface area (Å²) in [6.45, 7) is 4.04. The van der Waals surface area contributed by atoms with Crippen LogP contribution in [0.2, 0.25) is 0 Å². The maximum absolute atomic E-state index is 12.9. The van der Waals surface area contributed by atoms with E-state index in [2.05, 4.69) is 6.92 Å². The lowest BCUT2D eigenvalue weighted by atomic mass is 10.00. The predicted octanol–water partition coefficient (Wildman–Crippen LogP) is 4.61. The van der Waals surface area contributed by atoms with Gasteiger partial charge in [-0.05, 0) is 36.6 Å². The Kier molecular flexibility index (Phi) is 6.63. The Balaban J connectivity index is 2.31. The van der Waals surface area contributed by atoms with E-state index in [1.54, 1.807) is 6.07 Å². The molecule has 0 saturated heterocycles. The van der Waals surface area contributed by atoms with Gasteiger partial charge in [0, 0.05) is 12.8 Å². The van der Waals surface area contributed by atoms with E-state index in [-0.39, 0.29) is 11.6 Å². The van der Waals surface area contributed by atoms with E-state index in [9.17, 15) is 9.18 Å². The van der Waals surface area contributed by atoms with E-state index < -0.39 is 0 Å². The number of Topliss-reactive ketones (excluding diaryl/α,β-unsaturated/α-hetero) is 1. The first kappa shape index (κ1) is 14.9. The molecule has 18 heavy (non-hydrogen) atoms. The molecule has 0 heterocycles. The Morgan fingerprint density at radius 1 is 1.17 bits per heavy atom. The minimum Gasteiger partial charge on any atom is -0.299 e. The van der Waals surface area contributed by atoms with E-state index in [1.807, 2.05) is 6.92 Å². The van der Waals surface area contributed by atoms with Crippen LogP contribution in [0.25, 0.3) is 0 Å². The third-order valence-electron chi connectivity index (χ3n) is 3.25. The summed E-state index contributed by atoms with van der Waals surface area (Å²) in [4.78, 5) is 11.8. The maximum Gasteiger partial charge on any atom is 0.137 e. The molecule has 0 bridgehead atoms. The highest BCUT2D eigenvalue weighted by molar-refractivity contribution is 5.81. The molecule has 100 valence electrons. The van der Waals surface area contributed by atoms with E-state index >= 15 is 0 Å². The van der Waals surface area contributed by atoms with Gasteiger partial charge in [0.15, 0.2) is 0 Å². The summed E-state index contributed by atoms with van der Waals surface area (Å²) in [5, 5.41) is 0. The van der Waals surface area contributed by atoms with Gasteiger partial charge in [-0.15, -0.1) is 0 Å². The Bertz CT molecular complexity index is 385. The largest absolute Gasteiger partial charge is 0.299 e. The van der Waals surface area contributed by atoms with Gasteiger partial charge in [-0.3, -0.25) is 4.79 Å². The Hall–Kier alpha value is -1.18. The minimum absolute atomic E-state index is 0.233. The van der Waals surface area contributed by atoms with Crippen molar-refractivity contribution in [2.24, 2.45) is 0 Å². The number of hydrogen-bond donors (Lipinski definition) is 0. The second-order valence-corrected chi connectivity index (χ2v) is 4.95. The smallest absolute Gasteiger partial charge is 0.137 e. The summed E-state index contributed by atoms with van der Waals surface area (Å²) in [6.07, 6.45) is 6.93. The number of carbonyl (C=O) groups excluding carboxylic acids is 1. The molecule has 1 rings (SSSR count). The molecule has 0 unspecified atom stereocenters. The fraction of sp³-hybridized carbons (Fsp3) is 0.562. The van der Waals surface area contributed by atoms with Crippen molar-refractivity contribution in [2.45, 2.75) is 58.8 Å². The van der Waals surface area contributed by atoms with Crippen LogP contribution >= 0.6 is 0 Å². The molecular weight excluding hydrogens is 227 g/mol. The molecule has 1 aromatic rings. The van der Waals surface area contributed by atoms with Crippen LogP contribution < -0.4 is 0 Å². The first-order valence-electron chi connectivity index (χ1n) is 6.90. The standard InChI is InChI=1S/C16H23FO/c1-3-4-5-6-7-8-16(18)12-14-9-10-15(17)11-13(14)2/h9-11H,3-8,12H2,1-2H3. The summed E-state index contributed by atoms with van der Waals surface area (Å²) in [5.74, 6) is 0.0319.